The number of aryl methyl sites for hydroxylation is 1. The maximum Gasteiger partial charge on any atom is 0.120 e. The first-order chi connectivity index (χ1) is 12.8. The first-order valence-corrected chi connectivity index (χ1v) is 10.4. The van der Waals surface area contributed by atoms with Crippen LogP contribution in [0.25, 0.3) is 6.08 Å². The maximum atomic E-state index is 10.7. The van der Waals surface area contributed by atoms with Gasteiger partial charge in [0.1, 0.15) is 5.75 Å². The lowest BCUT2D eigenvalue weighted by Crippen LogP contribution is -2.05. The molecule has 2 aromatic carbocycles. The molecule has 1 N–H and O–H groups in total. The third kappa shape index (κ3) is 4.03. The molecule has 0 radical (unpaired) electrons. The molecule has 3 rings (SSSR count). The van der Waals surface area contributed by atoms with Crippen LogP contribution >= 0.6 is 0 Å². The molecular formula is C25H32O. The monoisotopic (exact) mass is 348 g/mol. The van der Waals surface area contributed by atoms with Crippen molar-refractivity contribution < 1.29 is 5.11 Å². The van der Waals surface area contributed by atoms with Gasteiger partial charge in [-0.1, -0.05) is 88.4 Å². The second-order valence-electron chi connectivity index (χ2n) is 7.47. The molecule has 0 aromatic heterocycles. The summed E-state index contributed by atoms with van der Waals surface area (Å²) in [5.74, 6) is 0.641. The molecule has 1 aliphatic carbocycles. The highest BCUT2D eigenvalue weighted by molar-refractivity contribution is 5.67. The van der Waals surface area contributed by atoms with E-state index in [0.29, 0.717) is 5.75 Å². The molecule has 0 bridgehead atoms. The van der Waals surface area contributed by atoms with Gasteiger partial charge in [-0.15, -0.1) is 0 Å². The van der Waals surface area contributed by atoms with Crippen LogP contribution in [0.15, 0.2) is 42.5 Å². The highest BCUT2D eigenvalue weighted by Gasteiger charge is 2.25. The fourth-order valence-corrected chi connectivity index (χ4v) is 4.25. The Kier molecular flexibility index (Phi) is 6.55. The van der Waals surface area contributed by atoms with Gasteiger partial charge in [-0.05, 0) is 47.6 Å². The Morgan fingerprint density at radius 3 is 2.46 bits per heavy atom. The van der Waals surface area contributed by atoms with Crippen LogP contribution in [0, 0.1) is 0 Å². The number of unbranched alkanes of at least 4 members (excludes halogenated alkanes) is 5. The Labute approximate surface area is 158 Å². The largest absolute Gasteiger partial charge is 0.508 e. The van der Waals surface area contributed by atoms with Crippen molar-refractivity contribution in [3.05, 3.63) is 70.3 Å². The van der Waals surface area contributed by atoms with Crippen LogP contribution in [0.2, 0.25) is 0 Å². The van der Waals surface area contributed by atoms with E-state index in [1.807, 2.05) is 6.07 Å². The van der Waals surface area contributed by atoms with Gasteiger partial charge in [0.05, 0.1) is 0 Å². The van der Waals surface area contributed by atoms with Gasteiger partial charge in [-0.25, -0.2) is 0 Å². The third-order valence-electron chi connectivity index (χ3n) is 5.70. The minimum atomic E-state index is 0.188. The van der Waals surface area contributed by atoms with E-state index < -0.39 is 0 Å². The molecule has 1 unspecified atom stereocenters. The van der Waals surface area contributed by atoms with E-state index in [1.165, 1.54) is 60.8 Å². The Morgan fingerprint density at radius 2 is 1.65 bits per heavy atom. The number of hydrogen-bond donors (Lipinski definition) is 1. The molecule has 0 aliphatic heterocycles. The summed E-state index contributed by atoms with van der Waals surface area (Å²) < 4.78 is 0. The van der Waals surface area contributed by atoms with Crippen LogP contribution in [0.1, 0.15) is 86.1 Å². The van der Waals surface area contributed by atoms with Gasteiger partial charge >= 0.3 is 0 Å². The molecule has 1 heteroatoms. The quantitative estimate of drug-likeness (QED) is 0.483. The fourth-order valence-electron chi connectivity index (χ4n) is 4.25. The van der Waals surface area contributed by atoms with Crippen molar-refractivity contribution in [3.63, 3.8) is 0 Å². The average Bonchev–Trinajstić information content (AvgIpc) is 3.08. The molecule has 0 amide bonds. The summed E-state index contributed by atoms with van der Waals surface area (Å²) in [4.78, 5) is 0. The minimum absolute atomic E-state index is 0.188. The topological polar surface area (TPSA) is 20.2 Å². The molecule has 1 atom stereocenters. The summed E-state index contributed by atoms with van der Waals surface area (Å²) in [5.41, 5.74) is 6.52. The van der Waals surface area contributed by atoms with E-state index >= 15 is 0 Å². The highest BCUT2D eigenvalue weighted by Crippen LogP contribution is 2.42. The molecule has 0 spiro atoms. The summed E-state index contributed by atoms with van der Waals surface area (Å²) in [5, 5.41) is 10.7. The van der Waals surface area contributed by atoms with E-state index in [9.17, 15) is 5.11 Å². The Bertz CT molecular complexity index is 757. The number of phenolic OH excluding ortho intramolecular Hbond substituents is 1. The van der Waals surface area contributed by atoms with Gasteiger partial charge in [0.2, 0.25) is 0 Å². The van der Waals surface area contributed by atoms with Crippen molar-refractivity contribution in [1.29, 1.82) is 0 Å². The Hall–Kier alpha value is -2.02. The molecule has 26 heavy (non-hydrogen) atoms. The normalized spacial score (nSPS) is 15.4. The summed E-state index contributed by atoms with van der Waals surface area (Å²) in [6.07, 6.45) is 14.4. The molecule has 1 aliphatic rings. The van der Waals surface area contributed by atoms with Crippen molar-refractivity contribution in [1.82, 2.24) is 0 Å². The van der Waals surface area contributed by atoms with Gasteiger partial charge in [-0.2, -0.15) is 0 Å². The number of fused-ring (bicyclic) bond motifs is 1. The van der Waals surface area contributed by atoms with E-state index in [0.717, 1.165) is 18.4 Å². The first kappa shape index (κ1) is 18.8. The number of aromatic hydroxyl groups is 1. The van der Waals surface area contributed by atoms with Gasteiger partial charge in [0.25, 0.3) is 0 Å². The van der Waals surface area contributed by atoms with Crippen molar-refractivity contribution in [2.75, 3.05) is 0 Å². The molecule has 0 fully saturated rings. The maximum absolute atomic E-state index is 10.7. The Balaban J connectivity index is 1.84. The number of benzene rings is 2. The van der Waals surface area contributed by atoms with E-state index in [2.05, 4.69) is 56.3 Å². The van der Waals surface area contributed by atoms with Crippen LogP contribution in [-0.4, -0.2) is 5.11 Å². The van der Waals surface area contributed by atoms with Crippen LogP contribution in [0.4, 0.5) is 0 Å². The smallest absolute Gasteiger partial charge is 0.120 e. The van der Waals surface area contributed by atoms with Gasteiger partial charge in [0, 0.05) is 11.5 Å². The molecule has 0 saturated carbocycles. The summed E-state index contributed by atoms with van der Waals surface area (Å²) in [6, 6.07) is 12.6. The molecule has 1 nitrogen and oxygen atoms in total. The van der Waals surface area contributed by atoms with Crippen molar-refractivity contribution in [2.24, 2.45) is 0 Å². The van der Waals surface area contributed by atoms with Crippen LogP contribution in [-0.2, 0) is 12.8 Å². The lowest BCUT2D eigenvalue weighted by molar-refractivity contribution is 0.465. The first-order valence-electron chi connectivity index (χ1n) is 10.4. The zero-order valence-electron chi connectivity index (χ0n) is 16.3. The summed E-state index contributed by atoms with van der Waals surface area (Å²) in [6.45, 7) is 4.48. The van der Waals surface area contributed by atoms with Crippen molar-refractivity contribution in [3.8, 4) is 5.75 Å². The Morgan fingerprint density at radius 1 is 0.885 bits per heavy atom. The van der Waals surface area contributed by atoms with Crippen LogP contribution in [0.3, 0.4) is 0 Å². The minimum Gasteiger partial charge on any atom is -0.508 e. The predicted molar refractivity (Wildman–Crippen MR) is 112 cm³/mol. The van der Waals surface area contributed by atoms with E-state index in [-0.39, 0.29) is 5.92 Å². The van der Waals surface area contributed by atoms with E-state index in [1.54, 1.807) is 0 Å². The SMILES string of the molecule is CCCCCCCCc1c(CC)ccc(O)c1C1C=Cc2ccccc21. The second-order valence-corrected chi connectivity index (χ2v) is 7.47. The van der Waals surface area contributed by atoms with Gasteiger partial charge < -0.3 is 5.11 Å². The van der Waals surface area contributed by atoms with Gasteiger partial charge in [-0.3, -0.25) is 0 Å². The number of rotatable bonds is 9. The second kappa shape index (κ2) is 9.07. The third-order valence-corrected chi connectivity index (χ3v) is 5.70. The predicted octanol–water partition coefficient (Wildman–Crippen LogP) is 7.02. The molecule has 0 heterocycles. The van der Waals surface area contributed by atoms with E-state index in [4.69, 9.17) is 0 Å². The molecule has 138 valence electrons. The van der Waals surface area contributed by atoms with Crippen molar-refractivity contribution >= 4 is 6.08 Å². The molecule has 2 aromatic rings. The fraction of sp³-hybridized carbons (Fsp3) is 0.440. The number of phenols is 1. The zero-order valence-corrected chi connectivity index (χ0v) is 16.3. The molecule has 0 saturated heterocycles. The van der Waals surface area contributed by atoms with Crippen LogP contribution < -0.4 is 0 Å². The van der Waals surface area contributed by atoms with Gasteiger partial charge in [0.15, 0.2) is 0 Å². The highest BCUT2D eigenvalue weighted by atomic mass is 16.3. The summed E-state index contributed by atoms with van der Waals surface area (Å²) in [7, 11) is 0. The van der Waals surface area contributed by atoms with Crippen LogP contribution in [0.5, 0.6) is 5.75 Å². The lowest BCUT2D eigenvalue weighted by atomic mass is 9.84. The average molecular weight is 349 g/mol. The lowest BCUT2D eigenvalue weighted by Gasteiger charge is -2.21. The number of hydrogen-bond acceptors (Lipinski definition) is 1. The molecular weight excluding hydrogens is 316 g/mol. The summed E-state index contributed by atoms with van der Waals surface area (Å²) >= 11 is 0. The zero-order chi connectivity index (χ0) is 18.4. The van der Waals surface area contributed by atoms with Crippen molar-refractivity contribution in [2.45, 2.75) is 71.1 Å². The number of allylic oxidation sites excluding steroid dienone is 1. The standard InChI is InChI=1S/C25H32O/c1-3-5-6-7-8-9-14-22-19(4-2)16-18-24(26)25(22)23-17-15-20-12-10-11-13-21(20)23/h10-13,15-18,23,26H,3-9,14H2,1-2H3.